The summed E-state index contributed by atoms with van der Waals surface area (Å²) in [5.74, 6) is 3.74. The van der Waals surface area contributed by atoms with Gasteiger partial charge in [-0.25, -0.2) is 0 Å². The van der Waals surface area contributed by atoms with E-state index in [2.05, 4.69) is 10.6 Å². The Bertz CT molecular complexity index is 771. The summed E-state index contributed by atoms with van der Waals surface area (Å²) in [5, 5.41) is 6.09. The third-order valence-electron chi connectivity index (χ3n) is 7.44. The molecule has 6 nitrogen and oxygen atoms in total. The Morgan fingerprint density at radius 1 is 1.07 bits per heavy atom. The van der Waals surface area contributed by atoms with Gasteiger partial charge in [-0.3, -0.25) is 9.59 Å². The predicted octanol–water partition coefficient (Wildman–Crippen LogP) is 3.60. The number of carbonyl (C=O) groups excluding carboxylic acids is 2. The van der Waals surface area contributed by atoms with E-state index >= 15 is 0 Å². The van der Waals surface area contributed by atoms with Crippen molar-refractivity contribution in [3.05, 3.63) is 23.8 Å². The maximum Gasteiger partial charge on any atom is 0.226 e. The first-order valence-electron chi connectivity index (χ1n) is 11.2. The topological polar surface area (TPSA) is 76.7 Å². The molecule has 4 fully saturated rings. The van der Waals surface area contributed by atoms with Crippen LogP contribution in [0.25, 0.3) is 0 Å². The van der Waals surface area contributed by atoms with Crippen molar-refractivity contribution in [1.82, 2.24) is 10.6 Å². The highest BCUT2D eigenvalue weighted by Gasteiger charge is 2.54. The minimum atomic E-state index is -0.221. The summed E-state index contributed by atoms with van der Waals surface area (Å²) in [6.45, 7) is 2.30. The lowest BCUT2D eigenvalue weighted by atomic mass is 9.49. The molecule has 0 unspecified atom stereocenters. The fourth-order valence-corrected chi connectivity index (χ4v) is 6.44. The van der Waals surface area contributed by atoms with Crippen LogP contribution in [0.3, 0.4) is 0 Å². The molecule has 0 saturated heterocycles. The first-order chi connectivity index (χ1) is 14.4. The normalized spacial score (nSPS) is 29.9. The number of rotatable bonds is 8. The molecule has 6 heteroatoms. The lowest BCUT2D eigenvalue weighted by Crippen LogP contribution is -2.53. The Morgan fingerprint density at radius 2 is 1.70 bits per heavy atom. The van der Waals surface area contributed by atoms with Gasteiger partial charge in [0, 0.05) is 23.9 Å². The monoisotopic (exact) mass is 414 g/mol. The van der Waals surface area contributed by atoms with Gasteiger partial charge in [-0.05, 0) is 81.4 Å². The van der Waals surface area contributed by atoms with E-state index in [0.29, 0.717) is 12.3 Å². The molecule has 2 N–H and O–H groups in total. The van der Waals surface area contributed by atoms with Crippen LogP contribution in [0.15, 0.2) is 18.2 Å². The average Bonchev–Trinajstić information content (AvgIpc) is 2.72. The summed E-state index contributed by atoms with van der Waals surface area (Å²) in [5.41, 5.74) is 0.703. The van der Waals surface area contributed by atoms with Gasteiger partial charge in [-0.2, -0.15) is 0 Å². The fourth-order valence-electron chi connectivity index (χ4n) is 6.44. The largest absolute Gasteiger partial charge is 0.497 e. The third kappa shape index (κ3) is 4.14. The Balaban J connectivity index is 1.28. The molecular weight excluding hydrogens is 380 g/mol. The summed E-state index contributed by atoms with van der Waals surface area (Å²) < 4.78 is 10.7. The van der Waals surface area contributed by atoms with E-state index in [4.69, 9.17) is 9.47 Å². The SMILES string of the molecule is COc1ccc(OC)c([C@@H](C)NC(=O)CCNC(=O)C23CC4CC(CC(C4)C2)C3)c1. The minimum Gasteiger partial charge on any atom is -0.497 e. The molecule has 4 aliphatic rings. The van der Waals surface area contributed by atoms with Crippen LogP contribution in [-0.2, 0) is 9.59 Å². The molecule has 0 radical (unpaired) electrons. The molecule has 164 valence electrons. The number of nitrogens with one attached hydrogen (secondary N) is 2. The van der Waals surface area contributed by atoms with E-state index in [-0.39, 0.29) is 29.7 Å². The van der Waals surface area contributed by atoms with Crippen LogP contribution in [0, 0.1) is 23.2 Å². The average molecular weight is 415 g/mol. The number of methoxy groups -OCH3 is 2. The smallest absolute Gasteiger partial charge is 0.226 e. The zero-order valence-corrected chi connectivity index (χ0v) is 18.3. The highest BCUT2D eigenvalue weighted by atomic mass is 16.5. The van der Waals surface area contributed by atoms with Crippen molar-refractivity contribution in [3.8, 4) is 11.5 Å². The highest BCUT2D eigenvalue weighted by molar-refractivity contribution is 5.84. The van der Waals surface area contributed by atoms with Crippen molar-refractivity contribution in [2.75, 3.05) is 20.8 Å². The van der Waals surface area contributed by atoms with Crippen molar-refractivity contribution in [1.29, 1.82) is 0 Å². The summed E-state index contributed by atoms with van der Waals surface area (Å²) in [6, 6.07) is 5.32. The molecule has 1 aromatic carbocycles. The summed E-state index contributed by atoms with van der Waals surface area (Å²) in [7, 11) is 3.22. The minimum absolute atomic E-state index is 0.0850. The molecular formula is C24H34N2O4. The van der Waals surface area contributed by atoms with Crippen molar-refractivity contribution in [3.63, 3.8) is 0 Å². The first kappa shape index (κ1) is 21.0. The highest BCUT2D eigenvalue weighted by Crippen LogP contribution is 2.60. The van der Waals surface area contributed by atoms with Crippen molar-refractivity contribution in [2.45, 2.75) is 57.9 Å². The molecule has 0 aliphatic heterocycles. The Kier molecular flexibility index (Phi) is 5.94. The molecule has 2 amide bonds. The van der Waals surface area contributed by atoms with Gasteiger partial charge in [0.1, 0.15) is 11.5 Å². The third-order valence-corrected chi connectivity index (χ3v) is 7.44. The Morgan fingerprint density at radius 3 is 2.27 bits per heavy atom. The molecule has 0 aromatic heterocycles. The van der Waals surface area contributed by atoms with Gasteiger partial charge in [-0.15, -0.1) is 0 Å². The maximum atomic E-state index is 13.0. The van der Waals surface area contributed by atoms with E-state index in [9.17, 15) is 9.59 Å². The zero-order valence-electron chi connectivity index (χ0n) is 18.3. The quantitative estimate of drug-likeness (QED) is 0.681. The van der Waals surface area contributed by atoms with E-state index in [1.54, 1.807) is 14.2 Å². The molecule has 5 rings (SSSR count). The van der Waals surface area contributed by atoms with Gasteiger partial charge in [-0.1, -0.05) is 0 Å². The molecule has 1 aromatic rings. The van der Waals surface area contributed by atoms with Crippen LogP contribution in [0.4, 0.5) is 0 Å². The maximum absolute atomic E-state index is 13.0. The molecule has 0 heterocycles. The van der Waals surface area contributed by atoms with Crippen LogP contribution < -0.4 is 20.1 Å². The van der Waals surface area contributed by atoms with Crippen LogP contribution in [0.1, 0.15) is 63.5 Å². The number of hydrogen-bond donors (Lipinski definition) is 2. The van der Waals surface area contributed by atoms with Gasteiger partial charge in [0.25, 0.3) is 0 Å². The van der Waals surface area contributed by atoms with Crippen molar-refractivity contribution < 1.29 is 19.1 Å². The second-order valence-electron chi connectivity index (χ2n) is 9.60. The second-order valence-corrected chi connectivity index (χ2v) is 9.60. The standard InChI is InChI=1S/C24H34N2O4/c1-15(20-11-19(29-2)4-5-21(20)30-3)26-22(27)6-7-25-23(28)24-12-16-8-17(13-24)10-18(9-16)14-24/h4-5,11,15-18H,6-10,12-14H2,1-3H3,(H,25,28)(H,26,27)/t15-,16?,17?,18?,24?/m1/s1. The number of amides is 2. The van der Waals surface area contributed by atoms with Gasteiger partial charge in [0.15, 0.2) is 0 Å². The molecule has 1 atom stereocenters. The van der Waals surface area contributed by atoms with E-state index < -0.39 is 0 Å². The van der Waals surface area contributed by atoms with E-state index in [1.165, 1.54) is 19.3 Å². The predicted molar refractivity (Wildman–Crippen MR) is 114 cm³/mol. The van der Waals surface area contributed by atoms with Crippen LogP contribution in [-0.4, -0.2) is 32.6 Å². The Labute approximate surface area is 179 Å². The van der Waals surface area contributed by atoms with Gasteiger partial charge in [0.05, 0.1) is 20.3 Å². The van der Waals surface area contributed by atoms with Crippen molar-refractivity contribution in [2.24, 2.45) is 23.2 Å². The number of benzene rings is 1. The fraction of sp³-hybridized carbons (Fsp3) is 0.667. The molecule has 4 aliphatic carbocycles. The number of carbonyl (C=O) groups is 2. The van der Waals surface area contributed by atoms with E-state index in [0.717, 1.165) is 48.3 Å². The van der Waals surface area contributed by atoms with Crippen LogP contribution in [0.5, 0.6) is 11.5 Å². The first-order valence-corrected chi connectivity index (χ1v) is 11.2. The van der Waals surface area contributed by atoms with Crippen molar-refractivity contribution >= 4 is 11.8 Å². The number of hydrogen-bond acceptors (Lipinski definition) is 4. The number of ether oxygens (including phenoxy) is 2. The van der Waals surface area contributed by atoms with Gasteiger partial charge in [0.2, 0.25) is 11.8 Å². The lowest BCUT2D eigenvalue weighted by molar-refractivity contribution is -0.146. The summed E-state index contributed by atoms with van der Waals surface area (Å²) in [4.78, 5) is 25.5. The zero-order chi connectivity index (χ0) is 21.3. The summed E-state index contributed by atoms with van der Waals surface area (Å²) >= 11 is 0. The summed E-state index contributed by atoms with van der Waals surface area (Å²) in [6.07, 6.45) is 7.37. The van der Waals surface area contributed by atoms with Gasteiger partial charge >= 0.3 is 0 Å². The second kappa shape index (κ2) is 8.48. The molecule has 0 spiro atoms. The van der Waals surface area contributed by atoms with Gasteiger partial charge < -0.3 is 20.1 Å². The molecule has 30 heavy (non-hydrogen) atoms. The lowest BCUT2D eigenvalue weighted by Gasteiger charge is -2.55. The van der Waals surface area contributed by atoms with E-state index in [1.807, 2.05) is 25.1 Å². The molecule has 4 saturated carbocycles. The van der Waals surface area contributed by atoms with Crippen LogP contribution >= 0.6 is 0 Å². The van der Waals surface area contributed by atoms with Crippen LogP contribution in [0.2, 0.25) is 0 Å². The molecule has 4 bridgehead atoms. The Hall–Kier alpha value is -2.24.